The van der Waals surface area contributed by atoms with Gasteiger partial charge in [0.05, 0.1) is 33.6 Å². The summed E-state index contributed by atoms with van der Waals surface area (Å²) in [4.78, 5) is 21.5. The molecule has 1 saturated heterocycles. The number of hydrogen-bond donors (Lipinski definition) is 1. The van der Waals surface area contributed by atoms with Gasteiger partial charge in [-0.3, -0.25) is 4.79 Å². The second-order valence-electron chi connectivity index (χ2n) is 11.5. The number of ketones is 1. The van der Waals surface area contributed by atoms with Crippen LogP contribution in [0.25, 0.3) is 10.4 Å². The number of rotatable bonds is 7. The second-order valence-corrected chi connectivity index (χ2v) is 14.8. The lowest BCUT2D eigenvalue weighted by molar-refractivity contribution is -0.125. The Hall–Kier alpha value is -2.28. The van der Waals surface area contributed by atoms with Crippen LogP contribution >= 0.6 is 11.3 Å². The molecule has 3 fully saturated rings. The minimum Gasteiger partial charge on any atom is -0.383 e. The molecule has 198 valence electrons. The van der Waals surface area contributed by atoms with Gasteiger partial charge in [0.1, 0.15) is 16.4 Å². The predicted molar refractivity (Wildman–Crippen MR) is 145 cm³/mol. The van der Waals surface area contributed by atoms with E-state index in [0.29, 0.717) is 24.5 Å². The average molecular weight is 542 g/mol. The van der Waals surface area contributed by atoms with E-state index < -0.39 is 20.9 Å². The summed E-state index contributed by atoms with van der Waals surface area (Å²) in [6.45, 7) is 4.46. The van der Waals surface area contributed by atoms with Crippen LogP contribution in [0, 0.1) is 22.7 Å². The van der Waals surface area contributed by atoms with E-state index >= 15 is 0 Å². The van der Waals surface area contributed by atoms with Crippen molar-refractivity contribution in [1.82, 2.24) is 4.98 Å². The molecule has 1 aliphatic heterocycles. The summed E-state index contributed by atoms with van der Waals surface area (Å²) in [5.74, 6) is 0.359. The number of anilines is 1. The summed E-state index contributed by atoms with van der Waals surface area (Å²) in [5, 5.41) is 21.0. The van der Waals surface area contributed by atoms with E-state index in [2.05, 4.69) is 11.0 Å². The molecule has 0 amide bonds. The van der Waals surface area contributed by atoms with Crippen molar-refractivity contribution in [3.05, 3.63) is 35.0 Å². The molecular weight excluding hydrogens is 506 g/mol. The van der Waals surface area contributed by atoms with Crippen molar-refractivity contribution in [2.75, 3.05) is 29.5 Å². The minimum atomic E-state index is -2.94. The molecule has 9 heteroatoms. The SMILES string of the molecule is CC(C)(O)c1nc([C@@H]2CCCC[C@H]2C(=O)CC2(C#N)CC2)c(-c2ccc(N3CCS(=O)(=O)CC3)cc2)s1. The number of carbonyl (C=O) groups is 1. The third kappa shape index (κ3) is 5.62. The highest BCUT2D eigenvalue weighted by atomic mass is 32.2. The fourth-order valence-corrected chi connectivity index (χ4v) is 7.98. The normalized spacial score (nSPS) is 24.9. The second kappa shape index (κ2) is 9.79. The van der Waals surface area contributed by atoms with E-state index in [9.17, 15) is 23.6 Å². The fourth-order valence-electron chi connectivity index (χ4n) is 5.63. The maximum absolute atomic E-state index is 13.4. The van der Waals surface area contributed by atoms with Crippen LogP contribution in [0.4, 0.5) is 5.69 Å². The van der Waals surface area contributed by atoms with Gasteiger partial charge in [0, 0.05) is 37.0 Å². The summed E-state index contributed by atoms with van der Waals surface area (Å²) in [6.07, 6.45) is 5.69. The molecule has 5 rings (SSSR count). The molecule has 0 bridgehead atoms. The summed E-state index contributed by atoms with van der Waals surface area (Å²) >= 11 is 1.48. The first-order valence-electron chi connectivity index (χ1n) is 13.2. The van der Waals surface area contributed by atoms with Gasteiger partial charge in [0.15, 0.2) is 9.84 Å². The summed E-state index contributed by atoms with van der Waals surface area (Å²) < 4.78 is 23.6. The monoisotopic (exact) mass is 541 g/mol. The highest BCUT2D eigenvalue weighted by Gasteiger charge is 2.47. The molecule has 1 aromatic heterocycles. The zero-order valence-electron chi connectivity index (χ0n) is 21.6. The van der Waals surface area contributed by atoms with Crippen LogP contribution in [0.3, 0.4) is 0 Å². The lowest BCUT2D eigenvalue weighted by Crippen LogP contribution is -2.40. The number of nitrogens with zero attached hydrogens (tertiary/aromatic N) is 3. The van der Waals surface area contributed by atoms with Gasteiger partial charge in [-0.1, -0.05) is 25.0 Å². The summed E-state index contributed by atoms with van der Waals surface area (Å²) in [6, 6.07) is 10.5. The molecule has 0 radical (unpaired) electrons. The molecule has 7 nitrogen and oxygen atoms in total. The van der Waals surface area contributed by atoms with Gasteiger partial charge in [-0.05, 0) is 57.2 Å². The number of benzene rings is 1. The largest absolute Gasteiger partial charge is 0.383 e. The van der Waals surface area contributed by atoms with Crippen LogP contribution in [-0.4, -0.2) is 48.9 Å². The Kier molecular flexibility index (Phi) is 6.97. The smallest absolute Gasteiger partial charge is 0.153 e. The first kappa shape index (κ1) is 26.3. The lowest BCUT2D eigenvalue weighted by atomic mass is 9.73. The van der Waals surface area contributed by atoms with E-state index in [1.165, 1.54) is 11.3 Å². The van der Waals surface area contributed by atoms with Gasteiger partial charge in [0.25, 0.3) is 0 Å². The van der Waals surface area contributed by atoms with Crippen molar-refractivity contribution < 1.29 is 18.3 Å². The topological polar surface area (TPSA) is 111 Å². The van der Waals surface area contributed by atoms with Gasteiger partial charge in [-0.25, -0.2) is 13.4 Å². The van der Waals surface area contributed by atoms with Crippen LogP contribution in [0.1, 0.15) is 75.4 Å². The quantitative estimate of drug-likeness (QED) is 0.535. The molecule has 2 aliphatic carbocycles. The molecule has 2 atom stereocenters. The minimum absolute atomic E-state index is 0.0231. The molecule has 2 saturated carbocycles. The molecule has 37 heavy (non-hydrogen) atoms. The average Bonchev–Trinajstić information content (AvgIpc) is 3.49. The van der Waals surface area contributed by atoms with Crippen LogP contribution in [0.15, 0.2) is 24.3 Å². The van der Waals surface area contributed by atoms with Crippen LogP contribution < -0.4 is 4.90 Å². The Morgan fingerprint density at radius 2 is 1.84 bits per heavy atom. The van der Waals surface area contributed by atoms with Crippen molar-refractivity contribution in [2.24, 2.45) is 11.3 Å². The molecule has 3 aliphatic rings. The first-order chi connectivity index (χ1) is 17.5. The van der Waals surface area contributed by atoms with Gasteiger partial charge in [-0.15, -0.1) is 11.3 Å². The number of Topliss-reactive ketones (excluding diaryl/α,β-unsaturated/α-hetero) is 1. The van der Waals surface area contributed by atoms with Gasteiger partial charge in [-0.2, -0.15) is 5.26 Å². The van der Waals surface area contributed by atoms with Crippen LogP contribution in [0.5, 0.6) is 0 Å². The van der Waals surface area contributed by atoms with Crippen LogP contribution in [0.2, 0.25) is 0 Å². The van der Waals surface area contributed by atoms with E-state index in [1.54, 1.807) is 13.8 Å². The number of hydrogen-bond acceptors (Lipinski definition) is 8. The van der Waals surface area contributed by atoms with E-state index in [-0.39, 0.29) is 29.1 Å². The highest BCUT2D eigenvalue weighted by molar-refractivity contribution is 7.91. The molecule has 1 N–H and O–H groups in total. The molecule has 0 spiro atoms. The number of aromatic nitrogens is 1. The number of sulfone groups is 1. The third-order valence-corrected chi connectivity index (χ3v) is 11.2. The Morgan fingerprint density at radius 1 is 1.19 bits per heavy atom. The molecule has 0 unspecified atom stereocenters. The Bertz CT molecular complexity index is 1300. The Morgan fingerprint density at radius 3 is 2.43 bits per heavy atom. The zero-order chi connectivity index (χ0) is 26.4. The number of thiazole rings is 1. The molecular formula is C28H35N3O4S2. The molecule has 1 aromatic carbocycles. The Labute approximate surface area is 223 Å². The fraction of sp³-hybridized carbons (Fsp3) is 0.607. The summed E-state index contributed by atoms with van der Waals surface area (Å²) in [5.41, 5.74) is 1.32. The standard InChI is InChI=1S/C28H35N3O4S2/c1-27(2,33)26-30-24(22-6-4-3-5-21(22)23(32)17-28(18-29)11-12-28)25(36-26)19-7-9-20(10-8-19)31-13-15-37(34,35)16-14-31/h7-10,21-22,33H,3-6,11-17H2,1-2H3/t21-,22-/m1/s1. The van der Waals surface area contributed by atoms with Gasteiger partial charge >= 0.3 is 0 Å². The van der Waals surface area contributed by atoms with Gasteiger partial charge in [0.2, 0.25) is 0 Å². The number of nitriles is 1. The molecule has 2 heterocycles. The van der Waals surface area contributed by atoms with Crippen LogP contribution in [-0.2, 0) is 20.2 Å². The number of aliphatic hydroxyl groups is 1. The van der Waals surface area contributed by atoms with E-state index in [1.807, 2.05) is 24.3 Å². The van der Waals surface area contributed by atoms with Crippen molar-refractivity contribution >= 4 is 32.6 Å². The van der Waals surface area contributed by atoms with Gasteiger partial charge < -0.3 is 10.0 Å². The van der Waals surface area contributed by atoms with Crippen molar-refractivity contribution in [2.45, 2.75) is 70.3 Å². The lowest BCUT2D eigenvalue weighted by Gasteiger charge is -2.31. The molecule has 2 aromatic rings. The van der Waals surface area contributed by atoms with E-state index in [4.69, 9.17) is 4.98 Å². The zero-order valence-corrected chi connectivity index (χ0v) is 23.2. The highest BCUT2D eigenvalue weighted by Crippen LogP contribution is 2.51. The number of carbonyl (C=O) groups excluding carboxylic acids is 1. The predicted octanol–water partition coefficient (Wildman–Crippen LogP) is 4.81. The van der Waals surface area contributed by atoms with Crippen molar-refractivity contribution in [1.29, 1.82) is 5.26 Å². The van der Waals surface area contributed by atoms with Crippen molar-refractivity contribution in [3.63, 3.8) is 0 Å². The maximum atomic E-state index is 13.4. The van der Waals surface area contributed by atoms with Crippen molar-refractivity contribution in [3.8, 4) is 16.5 Å². The van der Waals surface area contributed by atoms with E-state index in [0.717, 1.165) is 60.3 Å². The summed E-state index contributed by atoms with van der Waals surface area (Å²) in [7, 11) is -2.94. The third-order valence-electron chi connectivity index (χ3n) is 8.15. The first-order valence-corrected chi connectivity index (χ1v) is 15.9. The maximum Gasteiger partial charge on any atom is 0.153 e. The Balaban J connectivity index is 1.45.